The van der Waals surface area contributed by atoms with E-state index >= 15 is 0 Å². The van der Waals surface area contributed by atoms with E-state index in [1.807, 2.05) is 38.1 Å². The van der Waals surface area contributed by atoms with Crippen LogP contribution in [-0.4, -0.2) is 20.6 Å². The van der Waals surface area contributed by atoms with E-state index in [2.05, 4.69) is 11.9 Å². The van der Waals surface area contributed by atoms with Crippen LogP contribution in [0.15, 0.2) is 60.0 Å². The Morgan fingerprint density at radius 1 is 1.17 bits per heavy atom. The lowest BCUT2D eigenvalue weighted by atomic mass is 9.93. The molecule has 0 spiro atoms. The van der Waals surface area contributed by atoms with Crippen molar-refractivity contribution in [3.8, 4) is 0 Å². The summed E-state index contributed by atoms with van der Waals surface area (Å²) >= 11 is 0. The predicted octanol–water partition coefficient (Wildman–Crippen LogP) is 3.10. The summed E-state index contributed by atoms with van der Waals surface area (Å²) in [5.41, 5.74) is 3.77. The number of sulfone groups is 1. The molecule has 0 aliphatic heterocycles. The Morgan fingerprint density at radius 2 is 1.88 bits per heavy atom. The van der Waals surface area contributed by atoms with Gasteiger partial charge in [-0.2, -0.15) is 0 Å². The summed E-state index contributed by atoms with van der Waals surface area (Å²) in [6.45, 7) is 7.45. The maximum Gasteiger partial charge on any atom is 0.244 e. The van der Waals surface area contributed by atoms with Crippen LogP contribution in [0.1, 0.15) is 28.3 Å². The van der Waals surface area contributed by atoms with Crippen molar-refractivity contribution in [1.29, 1.82) is 0 Å². The van der Waals surface area contributed by atoms with Gasteiger partial charge in [0.25, 0.3) is 0 Å². The van der Waals surface area contributed by atoms with Crippen LogP contribution in [0.5, 0.6) is 0 Å². The molecule has 2 aromatic rings. The largest absolute Gasteiger partial charge is 0.342 e. The molecule has 24 heavy (non-hydrogen) atoms. The SMILES string of the molecule is C=CC(=O)NC(c1cccc(S(C)(=O)=O)c1)c1ccc(C)cc1C. The van der Waals surface area contributed by atoms with Crippen molar-refractivity contribution in [3.05, 3.63) is 77.4 Å². The molecule has 0 aromatic heterocycles. The third-order valence-corrected chi connectivity index (χ3v) is 4.94. The molecule has 0 fully saturated rings. The van der Waals surface area contributed by atoms with E-state index in [1.54, 1.807) is 18.2 Å². The van der Waals surface area contributed by atoms with Crippen LogP contribution in [0, 0.1) is 13.8 Å². The van der Waals surface area contributed by atoms with Crippen LogP contribution in [0.4, 0.5) is 0 Å². The quantitative estimate of drug-likeness (QED) is 0.849. The molecule has 0 heterocycles. The van der Waals surface area contributed by atoms with Crippen molar-refractivity contribution >= 4 is 15.7 Å². The third kappa shape index (κ3) is 4.11. The standard InChI is InChI=1S/C19H21NO3S/c1-5-18(21)20-19(17-10-9-13(2)11-14(17)3)15-7-6-8-16(12-15)24(4,22)23/h5-12,19H,1H2,2-4H3,(H,20,21). The highest BCUT2D eigenvalue weighted by atomic mass is 32.2. The molecule has 0 radical (unpaired) electrons. The Bertz CT molecular complexity index is 885. The highest BCUT2D eigenvalue weighted by molar-refractivity contribution is 7.90. The summed E-state index contributed by atoms with van der Waals surface area (Å²) in [5, 5.41) is 2.89. The predicted molar refractivity (Wildman–Crippen MR) is 95.7 cm³/mol. The Balaban J connectivity index is 2.58. The second kappa shape index (κ2) is 7.01. The van der Waals surface area contributed by atoms with Crippen LogP contribution in [0.2, 0.25) is 0 Å². The van der Waals surface area contributed by atoms with Gasteiger partial charge >= 0.3 is 0 Å². The second-order valence-corrected chi connectivity index (χ2v) is 7.87. The van der Waals surface area contributed by atoms with Gasteiger partial charge in [-0.15, -0.1) is 0 Å². The van der Waals surface area contributed by atoms with Gasteiger partial charge in [-0.3, -0.25) is 4.79 Å². The van der Waals surface area contributed by atoms with Crippen molar-refractivity contribution in [2.75, 3.05) is 6.26 Å². The zero-order valence-electron chi connectivity index (χ0n) is 14.0. The molecule has 2 aromatic carbocycles. The maximum atomic E-state index is 11.9. The van der Waals surface area contributed by atoms with E-state index < -0.39 is 15.9 Å². The fourth-order valence-corrected chi connectivity index (χ4v) is 3.29. The van der Waals surface area contributed by atoms with Gasteiger partial charge in [-0.1, -0.05) is 42.5 Å². The van der Waals surface area contributed by atoms with Crippen LogP contribution in [-0.2, 0) is 14.6 Å². The highest BCUT2D eigenvalue weighted by Crippen LogP contribution is 2.27. The molecule has 0 aliphatic rings. The Morgan fingerprint density at radius 3 is 2.46 bits per heavy atom. The summed E-state index contributed by atoms with van der Waals surface area (Å²) in [5.74, 6) is -0.315. The molecule has 126 valence electrons. The van der Waals surface area contributed by atoms with Gasteiger partial charge in [0, 0.05) is 6.26 Å². The minimum atomic E-state index is -3.32. The zero-order chi connectivity index (χ0) is 17.9. The number of hydrogen-bond donors (Lipinski definition) is 1. The molecular formula is C19H21NO3S. The van der Waals surface area contributed by atoms with E-state index in [0.29, 0.717) is 5.56 Å². The lowest BCUT2D eigenvalue weighted by molar-refractivity contribution is -0.116. The molecule has 0 bridgehead atoms. The van der Waals surface area contributed by atoms with Gasteiger partial charge in [0.05, 0.1) is 10.9 Å². The van der Waals surface area contributed by atoms with Crippen LogP contribution in [0.3, 0.4) is 0 Å². The first-order valence-electron chi connectivity index (χ1n) is 7.52. The van der Waals surface area contributed by atoms with Gasteiger partial charge in [0.2, 0.25) is 5.91 Å². The summed E-state index contributed by atoms with van der Waals surface area (Å²) in [7, 11) is -3.32. The fourth-order valence-electron chi connectivity index (χ4n) is 2.62. The first-order valence-corrected chi connectivity index (χ1v) is 9.41. The van der Waals surface area contributed by atoms with Crippen molar-refractivity contribution in [3.63, 3.8) is 0 Å². The average Bonchev–Trinajstić information content (AvgIpc) is 2.52. The third-order valence-electron chi connectivity index (χ3n) is 3.83. The molecule has 5 heteroatoms. The molecule has 1 unspecified atom stereocenters. The number of carbonyl (C=O) groups excluding carboxylic acids is 1. The maximum absolute atomic E-state index is 11.9. The highest BCUT2D eigenvalue weighted by Gasteiger charge is 2.19. The topological polar surface area (TPSA) is 63.2 Å². The Labute approximate surface area is 143 Å². The van der Waals surface area contributed by atoms with E-state index in [4.69, 9.17) is 0 Å². The Hall–Kier alpha value is -2.40. The number of amides is 1. The van der Waals surface area contributed by atoms with Crippen LogP contribution < -0.4 is 5.32 Å². The van der Waals surface area contributed by atoms with Gasteiger partial charge in [-0.05, 0) is 48.7 Å². The number of carbonyl (C=O) groups is 1. The summed E-state index contributed by atoms with van der Waals surface area (Å²) in [4.78, 5) is 12.1. The second-order valence-electron chi connectivity index (χ2n) is 5.85. The summed E-state index contributed by atoms with van der Waals surface area (Å²) in [6, 6.07) is 12.1. The van der Waals surface area contributed by atoms with Gasteiger partial charge in [-0.25, -0.2) is 8.42 Å². The number of benzene rings is 2. The minimum Gasteiger partial charge on any atom is -0.342 e. The molecule has 1 N–H and O–H groups in total. The lowest BCUT2D eigenvalue weighted by Gasteiger charge is -2.22. The molecule has 1 amide bonds. The number of rotatable bonds is 5. The van der Waals surface area contributed by atoms with E-state index in [9.17, 15) is 13.2 Å². The minimum absolute atomic E-state index is 0.225. The van der Waals surface area contributed by atoms with E-state index in [0.717, 1.165) is 16.7 Å². The average molecular weight is 343 g/mol. The van der Waals surface area contributed by atoms with Gasteiger partial charge < -0.3 is 5.32 Å². The first-order chi connectivity index (χ1) is 11.2. The van der Waals surface area contributed by atoms with E-state index in [-0.39, 0.29) is 10.8 Å². The molecule has 0 saturated heterocycles. The van der Waals surface area contributed by atoms with Crippen molar-refractivity contribution in [1.82, 2.24) is 5.32 Å². The van der Waals surface area contributed by atoms with Crippen molar-refractivity contribution in [2.24, 2.45) is 0 Å². The lowest BCUT2D eigenvalue weighted by Crippen LogP contribution is -2.28. The number of nitrogens with one attached hydrogen (secondary N) is 1. The number of aryl methyl sites for hydroxylation is 2. The fraction of sp³-hybridized carbons (Fsp3) is 0.211. The first kappa shape index (κ1) is 17.9. The monoisotopic (exact) mass is 343 g/mol. The molecule has 2 rings (SSSR count). The smallest absolute Gasteiger partial charge is 0.244 e. The molecule has 0 aliphatic carbocycles. The molecule has 4 nitrogen and oxygen atoms in total. The van der Waals surface area contributed by atoms with Gasteiger partial charge in [0.1, 0.15) is 0 Å². The Kier molecular flexibility index (Phi) is 5.24. The molecule has 1 atom stereocenters. The molecule has 0 saturated carbocycles. The van der Waals surface area contributed by atoms with E-state index in [1.165, 1.54) is 12.3 Å². The molecular weight excluding hydrogens is 322 g/mol. The number of hydrogen-bond acceptors (Lipinski definition) is 3. The summed E-state index contributed by atoms with van der Waals surface area (Å²) in [6.07, 6.45) is 2.37. The van der Waals surface area contributed by atoms with Crippen molar-refractivity contribution < 1.29 is 13.2 Å². The summed E-state index contributed by atoms with van der Waals surface area (Å²) < 4.78 is 23.7. The van der Waals surface area contributed by atoms with Crippen molar-refractivity contribution in [2.45, 2.75) is 24.8 Å². The van der Waals surface area contributed by atoms with Gasteiger partial charge in [0.15, 0.2) is 9.84 Å². The zero-order valence-corrected chi connectivity index (χ0v) is 14.9. The normalized spacial score (nSPS) is 12.5. The van der Waals surface area contributed by atoms with Crippen LogP contribution >= 0.6 is 0 Å². The van der Waals surface area contributed by atoms with Crippen LogP contribution in [0.25, 0.3) is 0 Å².